The lowest BCUT2D eigenvalue weighted by Gasteiger charge is -2.37. The standard InChI is InChI=1S/C12H18N4O/c1-17-12-10-11(14-8-15-12)16-6-4-2-3-5-9(16)7-13-10/h8-9,13H,2-7H2,1H3. The molecule has 1 aromatic rings. The topological polar surface area (TPSA) is 50.3 Å². The molecule has 1 aromatic heterocycles. The quantitative estimate of drug-likeness (QED) is 0.801. The second-order valence-electron chi connectivity index (χ2n) is 4.66. The highest BCUT2D eigenvalue weighted by Gasteiger charge is 2.30. The Hall–Kier alpha value is -1.52. The van der Waals surface area contributed by atoms with E-state index >= 15 is 0 Å². The van der Waals surface area contributed by atoms with Crippen LogP contribution < -0.4 is 15.0 Å². The average Bonchev–Trinajstić information content (AvgIpc) is 2.63. The van der Waals surface area contributed by atoms with Gasteiger partial charge in [-0.25, -0.2) is 4.98 Å². The van der Waals surface area contributed by atoms with Crippen molar-refractivity contribution < 1.29 is 4.74 Å². The monoisotopic (exact) mass is 234 g/mol. The zero-order valence-corrected chi connectivity index (χ0v) is 10.1. The number of hydrogen-bond acceptors (Lipinski definition) is 5. The minimum atomic E-state index is 0.574. The Bertz CT molecular complexity index is 409. The van der Waals surface area contributed by atoms with E-state index in [0.717, 1.165) is 24.6 Å². The van der Waals surface area contributed by atoms with E-state index in [2.05, 4.69) is 20.2 Å². The number of nitrogens with zero attached hydrogens (tertiary/aromatic N) is 3. The number of methoxy groups -OCH3 is 1. The number of aromatic nitrogens is 2. The maximum atomic E-state index is 5.28. The van der Waals surface area contributed by atoms with E-state index in [4.69, 9.17) is 4.74 Å². The predicted octanol–water partition coefficient (Wildman–Crippen LogP) is 1.66. The van der Waals surface area contributed by atoms with Crippen molar-refractivity contribution in [3.8, 4) is 5.88 Å². The minimum Gasteiger partial charge on any atom is -0.479 e. The van der Waals surface area contributed by atoms with Crippen LogP contribution >= 0.6 is 0 Å². The van der Waals surface area contributed by atoms with Gasteiger partial charge in [0.25, 0.3) is 0 Å². The number of rotatable bonds is 1. The third kappa shape index (κ3) is 1.79. The van der Waals surface area contributed by atoms with Crippen LogP contribution in [-0.2, 0) is 0 Å². The largest absolute Gasteiger partial charge is 0.479 e. The first-order valence-corrected chi connectivity index (χ1v) is 6.29. The van der Waals surface area contributed by atoms with Gasteiger partial charge in [-0.05, 0) is 12.8 Å². The molecule has 5 nitrogen and oxygen atoms in total. The third-order valence-electron chi connectivity index (χ3n) is 3.65. The van der Waals surface area contributed by atoms with Gasteiger partial charge in [0, 0.05) is 19.1 Å². The second kappa shape index (κ2) is 4.39. The normalized spacial score (nSPS) is 23.1. The van der Waals surface area contributed by atoms with Crippen LogP contribution in [0.3, 0.4) is 0 Å². The zero-order chi connectivity index (χ0) is 11.7. The van der Waals surface area contributed by atoms with Crippen LogP contribution in [0.5, 0.6) is 5.88 Å². The predicted molar refractivity (Wildman–Crippen MR) is 66.7 cm³/mol. The first kappa shape index (κ1) is 10.6. The molecule has 0 amide bonds. The molecule has 1 atom stereocenters. The molecule has 17 heavy (non-hydrogen) atoms. The van der Waals surface area contributed by atoms with Gasteiger partial charge in [-0.2, -0.15) is 4.98 Å². The summed E-state index contributed by atoms with van der Waals surface area (Å²) in [6.07, 6.45) is 6.73. The van der Waals surface area contributed by atoms with Crippen molar-refractivity contribution in [2.45, 2.75) is 31.7 Å². The zero-order valence-electron chi connectivity index (χ0n) is 10.1. The van der Waals surface area contributed by atoms with Crippen LogP contribution in [0.4, 0.5) is 11.5 Å². The number of ether oxygens (including phenoxy) is 1. The Labute approximate surface area is 101 Å². The first-order chi connectivity index (χ1) is 8.40. The highest BCUT2D eigenvalue weighted by atomic mass is 16.5. The molecular weight excluding hydrogens is 216 g/mol. The van der Waals surface area contributed by atoms with Crippen LogP contribution in [0.15, 0.2) is 6.33 Å². The van der Waals surface area contributed by atoms with Gasteiger partial charge >= 0.3 is 0 Å². The van der Waals surface area contributed by atoms with E-state index in [0.29, 0.717) is 11.9 Å². The molecule has 1 fully saturated rings. The summed E-state index contributed by atoms with van der Waals surface area (Å²) < 4.78 is 5.28. The molecule has 0 aliphatic carbocycles. The van der Waals surface area contributed by atoms with Crippen molar-refractivity contribution in [3.05, 3.63) is 6.33 Å². The van der Waals surface area contributed by atoms with Crippen LogP contribution in [0.1, 0.15) is 25.7 Å². The summed E-state index contributed by atoms with van der Waals surface area (Å²) in [5.74, 6) is 1.66. The molecule has 5 heteroatoms. The fourth-order valence-electron chi connectivity index (χ4n) is 2.78. The van der Waals surface area contributed by atoms with Crippen molar-refractivity contribution in [1.82, 2.24) is 9.97 Å². The van der Waals surface area contributed by atoms with E-state index in [9.17, 15) is 0 Å². The Morgan fingerprint density at radius 3 is 3.18 bits per heavy atom. The SMILES string of the molecule is COc1ncnc2c1NCC1CCCCCN21. The molecule has 1 saturated heterocycles. The molecule has 0 aromatic carbocycles. The lowest BCUT2D eigenvalue weighted by Crippen LogP contribution is -2.44. The molecule has 2 aliphatic heterocycles. The van der Waals surface area contributed by atoms with Gasteiger partial charge in [0.05, 0.1) is 7.11 Å². The van der Waals surface area contributed by atoms with E-state index in [1.54, 1.807) is 13.4 Å². The fraction of sp³-hybridized carbons (Fsp3) is 0.667. The van der Waals surface area contributed by atoms with E-state index < -0.39 is 0 Å². The van der Waals surface area contributed by atoms with Crippen LogP contribution in [0, 0.1) is 0 Å². The van der Waals surface area contributed by atoms with Crippen LogP contribution in [-0.4, -0.2) is 36.2 Å². The highest BCUT2D eigenvalue weighted by Crippen LogP contribution is 2.37. The highest BCUT2D eigenvalue weighted by molar-refractivity contribution is 5.73. The molecule has 3 rings (SSSR count). The summed E-state index contributed by atoms with van der Waals surface area (Å²) in [6, 6.07) is 0.574. The van der Waals surface area contributed by atoms with Gasteiger partial charge in [0.15, 0.2) is 5.82 Å². The smallest absolute Gasteiger partial charge is 0.242 e. The molecule has 0 saturated carbocycles. The Morgan fingerprint density at radius 2 is 2.29 bits per heavy atom. The van der Waals surface area contributed by atoms with Gasteiger partial charge in [-0.15, -0.1) is 0 Å². The number of anilines is 2. The van der Waals surface area contributed by atoms with Gasteiger partial charge in [-0.3, -0.25) is 0 Å². The van der Waals surface area contributed by atoms with Crippen molar-refractivity contribution in [2.75, 3.05) is 30.4 Å². The molecule has 0 radical (unpaired) electrons. The third-order valence-corrected chi connectivity index (χ3v) is 3.65. The number of fused-ring (bicyclic) bond motifs is 3. The molecular formula is C12H18N4O. The maximum Gasteiger partial charge on any atom is 0.242 e. The number of hydrogen-bond donors (Lipinski definition) is 1. The van der Waals surface area contributed by atoms with Gasteiger partial charge in [-0.1, -0.05) is 12.8 Å². The van der Waals surface area contributed by atoms with Crippen molar-refractivity contribution >= 4 is 11.5 Å². The molecule has 1 unspecified atom stereocenters. The van der Waals surface area contributed by atoms with Crippen LogP contribution in [0.2, 0.25) is 0 Å². The maximum absolute atomic E-state index is 5.28. The van der Waals surface area contributed by atoms with Crippen molar-refractivity contribution in [3.63, 3.8) is 0 Å². The van der Waals surface area contributed by atoms with Crippen molar-refractivity contribution in [1.29, 1.82) is 0 Å². The Balaban J connectivity index is 1.99. The van der Waals surface area contributed by atoms with E-state index in [1.807, 2.05) is 0 Å². The summed E-state index contributed by atoms with van der Waals surface area (Å²) >= 11 is 0. The summed E-state index contributed by atoms with van der Waals surface area (Å²) in [7, 11) is 1.65. The minimum absolute atomic E-state index is 0.574. The Morgan fingerprint density at radius 1 is 1.35 bits per heavy atom. The van der Waals surface area contributed by atoms with Gasteiger partial charge < -0.3 is 15.0 Å². The van der Waals surface area contributed by atoms with Gasteiger partial charge in [0.2, 0.25) is 5.88 Å². The van der Waals surface area contributed by atoms with Gasteiger partial charge in [0.1, 0.15) is 12.0 Å². The summed E-state index contributed by atoms with van der Waals surface area (Å²) in [5, 5.41) is 3.42. The summed E-state index contributed by atoms with van der Waals surface area (Å²) in [5.41, 5.74) is 0.952. The van der Waals surface area contributed by atoms with Crippen molar-refractivity contribution in [2.24, 2.45) is 0 Å². The lowest BCUT2D eigenvalue weighted by atomic mass is 10.1. The summed E-state index contributed by atoms with van der Waals surface area (Å²) in [6.45, 7) is 2.07. The van der Waals surface area contributed by atoms with E-state index in [-0.39, 0.29) is 0 Å². The lowest BCUT2D eigenvalue weighted by molar-refractivity contribution is 0.397. The molecule has 0 bridgehead atoms. The van der Waals surface area contributed by atoms with E-state index in [1.165, 1.54) is 25.7 Å². The molecule has 3 heterocycles. The molecule has 0 spiro atoms. The molecule has 1 N–H and O–H groups in total. The Kier molecular flexibility index (Phi) is 2.74. The number of nitrogens with one attached hydrogen (secondary N) is 1. The molecule has 92 valence electrons. The van der Waals surface area contributed by atoms with Crippen LogP contribution in [0.25, 0.3) is 0 Å². The second-order valence-corrected chi connectivity index (χ2v) is 4.66. The first-order valence-electron chi connectivity index (χ1n) is 6.29. The fourth-order valence-corrected chi connectivity index (χ4v) is 2.78. The molecule has 2 aliphatic rings. The average molecular weight is 234 g/mol. The summed E-state index contributed by atoms with van der Waals surface area (Å²) in [4.78, 5) is 11.0.